The van der Waals surface area contributed by atoms with Gasteiger partial charge >= 0.3 is 11.8 Å². The molecule has 0 aliphatic rings. The van der Waals surface area contributed by atoms with Crippen molar-refractivity contribution in [2.75, 3.05) is 11.9 Å². The number of rotatable bonds is 4. The van der Waals surface area contributed by atoms with Gasteiger partial charge in [0.2, 0.25) is 0 Å². The van der Waals surface area contributed by atoms with Crippen LogP contribution in [0.25, 0.3) is 0 Å². The van der Waals surface area contributed by atoms with Crippen molar-refractivity contribution in [3.8, 4) is 0 Å². The van der Waals surface area contributed by atoms with Gasteiger partial charge in [0.15, 0.2) is 0 Å². The molecular formula is C15H22N2O3. The van der Waals surface area contributed by atoms with Crippen LogP contribution < -0.4 is 10.6 Å². The number of carbonyl (C=O) groups excluding carboxylic acids is 2. The zero-order valence-electron chi connectivity index (χ0n) is 12.4. The molecule has 5 heteroatoms. The number of amides is 2. The summed E-state index contributed by atoms with van der Waals surface area (Å²) >= 11 is 0. The van der Waals surface area contributed by atoms with Gasteiger partial charge in [0, 0.05) is 5.69 Å². The van der Waals surface area contributed by atoms with Crippen molar-refractivity contribution < 1.29 is 14.7 Å². The smallest absolute Gasteiger partial charge is 0.313 e. The van der Waals surface area contributed by atoms with Crippen molar-refractivity contribution in [1.29, 1.82) is 0 Å². The van der Waals surface area contributed by atoms with Crippen molar-refractivity contribution in [2.24, 2.45) is 0 Å². The third-order valence-corrected chi connectivity index (χ3v) is 3.17. The van der Waals surface area contributed by atoms with Crippen LogP contribution in [-0.2, 0) is 9.59 Å². The lowest BCUT2D eigenvalue weighted by Crippen LogP contribution is -2.43. The van der Waals surface area contributed by atoms with Crippen LogP contribution >= 0.6 is 0 Å². The van der Waals surface area contributed by atoms with E-state index >= 15 is 0 Å². The van der Waals surface area contributed by atoms with E-state index in [9.17, 15) is 9.59 Å². The molecule has 2 amide bonds. The maximum Gasteiger partial charge on any atom is 0.313 e. The van der Waals surface area contributed by atoms with Crippen LogP contribution in [0.3, 0.4) is 0 Å². The van der Waals surface area contributed by atoms with E-state index in [1.807, 2.05) is 39.8 Å². The topological polar surface area (TPSA) is 78.4 Å². The van der Waals surface area contributed by atoms with Crippen molar-refractivity contribution >= 4 is 17.5 Å². The van der Waals surface area contributed by atoms with Crippen LogP contribution in [0, 0.1) is 20.8 Å². The van der Waals surface area contributed by atoms with Crippen molar-refractivity contribution in [3.05, 3.63) is 28.8 Å². The molecule has 0 fully saturated rings. The highest BCUT2D eigenvalue weighted by atomic mass is 16.3. The predicted octanol–water partition coefficient (Wildman–Crippen LogP) is 1.44. The van der Waals surface area contributed by atoms with Crippen LogP contribution in [0.15, 0.2) is 12.1 Å². The van der Waals surface area contributed by atoms with Gasteiger partial charge in [0.25, 0.3) is 0 Å². The Labute approximate surface area is 119 Å². The zero-order valence-corrected chi connectivity index (χ0v) is 12.4. The number of anilines is 1. The monoisotopic (exact) mass is 278 g/mol. The second-order valence-corrected chi connectivity index (χ2v) is 4.99. The minimum Gasteiger partial charge on any atom is -0.394 e. The molecular weight excluding hydrogens is 256 g/mol. The number of aliphatic hydroxyl groups is 1. The van der Waals surface area contributed by atoms with E-state index in [4.69, 9.17) is 5.11 Å². The summed E-state index contributed by atoms with van der Waals surface area (Å²) in [4.78, 5) is 23.6. The summed E-state index contributed by atoms with van der Waals surface area (Å²) in [5.41, 5.74) is 3.59. The van der Waals surface area contributed by atoms with E-state index in [0.717, 1.165) is 16.7 Å². The Kier molecular flexibility index (Phi) is 5.70. The number of carbonyl (C=O) groups is 2. The molecule has 0 aromatic heterocycles. The molecule has 5 nitrogen and oxygen atoms in total. The summed E-state index contributed by atoms with van der Waals surface area (Å²) in [5, 5.41) is 14.1. The average Bonchev–Trinajstić information content (AvgIpc) is 2.39. The number of aryl methyl sites for hydroxylation is 3. The highest BCUT2D eigenvalue weighted by molar-refractivity contribution is 6.39. The molecule has 0 saturated heterocycles. The predicted molar refractivity (Wildman–Crippen MR) is 78.6 cm³/mol. The summed E-state index contributed by atoms with van der Waals surface area (Å²) in [6.07, 6.45) is 0.568. The van der Waals surface area contributed by atoms with Gasteiger partial charge in [0.1, 0.15) is 0 Å². The van der Waals surface area contributed by atoms with Gasteiger partial charge in [-0.25, -0.2) is 0 Å². The number of nitrogens with one attached hydrogen (secondary N) is 2. The van der Waals surface area contributed by atoms with Gasteiger partial charge in [-0.3, -0.25) is 9.59 Å². The normalized spacial score (nSPS) is 11.8. The molecule has 20 heavy (non-hydrogen) atoms. The molecule has 110 valence electrons. The van der Waals surface area contributed by atoms with Gasteiger partial charge in [0.05, 0.1) is 12.6 Å². The molecule has 1 aromatic carbocycles. The maximum atomic E-state index is 11.9. The van der Waals surface area contributed by atoms with Gasteiger partial charge in [-0.2, -0.15) is 0 Å². The lowest BCUT2D eigenvalue weighted by Gasteiger charge is -2.15. The highest BCUT2D eigenvalue weighted by Crippen LogP contribution is 2.21. The number of aliphatic hydroxyl groups excluding tert-OH is 1. The Balaban J connectivity index is 2.78. The number of benzene rings is 1. The summed E-state index contributed by atoms with van der Waals surface area (Å²) in [6.45, 7) is 7.39. The Bertz CT molecular complexity index is 485. The summed E-state index contributed by atoms with van der Waals surface area (Å²) in [7, 11) is 0. The maximum absolute atomic E-state index is 11.9. The first-order valence-corrected chi connectivity index (χ1v) is 6.69. The van der Waals surface area contributed by atoms with Crippen molar-refractivity contribution in [2.45, 2.75) is 40.2 Å². The summed E-state index contributed by atoms with van der Waals surface area (Å²) in [6, 6.07) is 3.50. The third-order valence-electron chi connectivity index (χ3n) is 3.17. The Morgan fingerprint density at radius 2 is 1.70 bits per heavy atom. The number of hydrogen-bond donors (Lipinski definition) is 3. The quantitative estimate of drug-likeness (QED) is 0.729. The van der Waals surface area contributed by atoms with E-state index in [1.54, 1.807) is 0 Å². The molecule has 1 aromatic rings. The van der Waals surface area contributed by atoms with Crippen molar-refractivity contribution in [3.63, 3.8) is 0 Å². The van der Waals surface area contributed by atoms with E-state index in [-0.39, 0.29) is 6.61 Å². The lowest BCUT2D eigenvalue weighted by molar-refractivity contribution is -0.136. The molecule has 3 N–H and O–H groups in total. The van der Waals surface area contributed by atoms with Crippen LogP contribution in [0.1, 0.15) is 30.0 Å². The van der Waals surface area contributed by atoms with E-state index in [0.29, 0.717) is 12.1 Å². The van der Waals surface area contributed by atoms with E-state index < -0.39 is 17.9 Å². The lowest BCUT2D eigenvalue weighted by atomic mass is 10.1. The largest absolute Gasteiger partial charge is 0.394 e. The van der Waals surface area contributed by atoms with Gasteiger partial charge < -0.3 is 15.7 Å². The molecule has 1 rings (SSSR count). The minimum atomic E-state index is -0.731. The van der Waals surface area contributed by atoms with Crippen LogP contribution in [0.2, 0.25) is 0 Å². The van der Waals surface area contributed by atoms with Crippen LogP contribution in [-0.4, -0.2) is 29.6 Å². The highest BCUT2D eigenvalue weighted by Gasteiger charge is 2.18. The summed E-state index contributed by atoms with van der Waals surface area (Å²) < 4.78 is 0. The molecule has 0 unspecified atom stereocenters. The minimum absolute atomic E-state index is 0.182. The first-order valence-electron chi connectivity index (χ1n) is 6.69. The molecule has 1 atom stereocenters. The Morgan fingerprint density at radius 3 is 2.15 bits per heavy atom. The molecule has 0 saturated carbocycles. The fraction of sp³-hybridized carbons (Fsp3) is 0.467. The van der Waals surface area contributed by atoms with Gasteiger partial charge in [-0.05, 0) is 38.3 Å². The molecule has 0 bridgehead atoms. The standard InChI is InChI=1S/C15H22N2O3/c1-5-12(8-18)16-14(19)15(20)17-13-10(3)6-9(2)7-11(13)4/h6-7,12,18H,5,8H2,1-4H3,(H,16,19)(H,17,20)/t12-/m0/s1. The van der Waals surface area contributed by atoms with Crippen molar-refractivity contribution in [1.82, 2.24) is 5.32 Å². The second-order valence-electron chi connectivity index (χ2n) is 4.99. The average molecular weight is 278 g/mol. The molecule has 0 aliphatic carbocycles. The van der Waals surface area contributed by atoms with E-state index in [1.165, 1.54) is 0 Å². The summed E-state index contributed by atoms with van der Waals surface area (Å²) in [5.74, 6) is -1.45. The second kappa shape index (κ2) is 7.05. The first-order chi connectivity index (χ1) is 9.38. The fourth-order valence-corrected chi connectivity index (χ4v) is 2.08. The van der Waals surface area contributed by atoms with Crippen LogP contribution in [0.5, 0.6) is 0 Å². The van der Waals surface area contributed by atoms with Crippen LogP contribution in [0.4, 0.5) is 5.69 Å². The third kappa shape index (κ3) is 4.06. The Hall–Kier alpha value is -1.88. The van der Waals surface area contributed by atoms with Gasteiger partial charge in [-0.15, -0.1) is 0 Å². The van der Waals surface area contributed by atoms with E-state index in [2.05, 4.69) is 10.6 Å². The zero-order chi connectivity index (χ0) is 15.3. The molecule has 0 aliphatic heterocycles. The Morgan fingerprint density at radius 1 is 1.15 bits per heavy atom. The molecule has 0 radical (unpaired) electrons. The molecule has 0 heterocycles. The number of hydrogen-bond acceptors (Lipinski definition) is 3. The first kappa shape index (κ1) is 16.2. The van der Waals surface area contributed by atoms with Gasteiger partial charge in [-0.1, -0.05) is 24.6 Å². The fourth-order valence-electron chi connectivity index (χ4n) is 2.08. The SMILES string of the molecule is CC[C@@H](CO)NC(=O)C(=O)Nc1c(C)cc(C)cc1C. The molecule has 0 spiro atoms.